The molecule has 1 heterocycles. The first kappa shape index (κ1) is 16.6. The Kier molecular flexibility index (Phi) is 3.83. The molecule has 0 radical (unpaired) electrons. The molecule has 116 valence electrons. The molecule has 0 N–H and O–H groups in total. The molecule has 2 nitrogen and oxygen atoms in total. The maximum absolute atomic E-state index is 6.23. The first-order valence-corrected chi connectivity index (χ1v) is 7.82. The summed E-state index contributed by atoms with van der Waals surface area (Å²) in [6.07, 6.45) is 0. The van der Waals surface area contributed by atoms with Crippen LogP contribution in [-0.2, 0) is 14.7 Å². The summed E-state index contributed by atoms with van der Waals surface area (Å²) in [6, 6.07) is 4.54. The lowest BCUT2D eigenvalue weighted by Gasteiger charge is -2.32. The molecule has 1 saturated heterocycles. The average Bonchev–Trinajstić information content (AvgIpc) is 2.50. The van der Waals surface area contributed by atoms with Crippen LogP contribution in [0.5, 0.6) is 0 Å². The average molecular weight is 288 g/mol. The molecule has 1 aliphatic rings. The van der Waals surface area contributed by atoms with E-state index >= 15 is 0 Å². The van der Waals surface area contributed by atoms with Crippen LogP contribution in [0.4, 0.5) is 0 Å². The van der Waals surface area contributed by atoms with Gasteiger partial charge in [-0.3, -0.25) is 0 Å². The molecular weight excluding hydrogens is 259 g/mol. The van der Waals surface area contributed by atoms with Crippen LogP contribution >= 0.6 is 0 Å². The van der Waals surface area contributed by atoms with Gasteiger partial charge in [-0.15, -0.1) is 0 Å². The van der Waals surface area contributed by atoms with E-state index in [1.165, 1.54) is 22.2 Å². The lowest BCUT2D eigenvalue weighted by Crippen LogP contribution is -2.41. The van der Waals surface area contributed by atoms with Crippen molar-refractivity contribution < 1.29 is 9.31 Å². The van der Waals surface area contributed by atoms with Crippen LogP contribution in [0.25, 0.3) is 0 Å². The van der Waals surface area contributed by atoms with Crippen LogP contribution in [0.15, 0.2) is 12.1 Å². The summed E-state index contributed by atoms with van der Waals surface area (Å²) >= 11 is 0. The Morgan fingerprint density at radius 3 is 1.81 bits per heavy atom. The third kappa shape index (κ3) is 2.91. The Morgan fingerprint density at radius 2 is 1.38 bits per heavy atom. The molecule has 0 aliphatic carbocycles. The van der Waals surface area contributed by atoms with E-state index in [9.17, 15) is 0 Å². The van der Waals surface area contributed by atoms with E-state index in [1.54, 1.807) is 0 Å². The molecular formula is C18H29BO2. The zero-order valence-electron chi connectivity index (χ0n) is 15.0. The van der Waals surface area contributed by atoms with Crippen LogP contribution < -0.4 is 5.46 Å². The molecule has 0 spiro atoms. The van der Waals surface area contributed by atoms with Crippen molar-refractivity contribution >= 4 is 12.6 Å². The van der Waals surface area contributed by atoms with Crippen molar-refractivity contribution in [3.63, 3.8) is 0 Å². The summed E-state index contributed by atoms with van der Waals surface area (Å²) in [6.45, 7) is 19.4. The number of aryl methyl sites for hydroxylation is 1. The van der Waals surface area contributed by atoms with Crippen molar-refractivity contribution in [2.24, 2.45) is 0 Å². The van der Waals surface area contributed by atoms with E-state index in [0.29, 0.717) is 0 Å². The second kappa shape index (κ2) is 4.86. The van der Waals surface area contributed by atoms with Crippen molar-refractivity contribution in [3.05, 3.63) is 28.8 Å². The van der Waals surface area contributed by atoms with Gasteiger partial charge in [-0.05, 0) is 69.1 Å². The molecule has 2 rings (SSSR count). The smallest absolute Gasteiger partial charge is 0.399 e. The maximum Gasteiger partial charge on any atom is 0.495 e. The molecule has 1 aliphatic heterocycles. The lowest BCUT2D eigenvalue weighted by atomic mass is 9.72. The highest BCUT2D eigenvalue weighted by Gasteiger charge is 2.52. The zero-order valence-corrected chi connectivity index (χ0v) is 15.0. The highest BCUT2D eigenvalue weighted by atomic mass is 16.7. The normalized spacial score (nSPS) is 20.9. The van der Waals surface area contributed by atoms with Crippen LogP contribution in [0, 0.1) is 13.8 Å². The van der Waals surface area contributed by atoms with Gasteiger partial charge in [0.15, 0.2) is 0 Å². The largest absolute Gasteiger partial charge is 0.495 e. The Labute approximate surface area is 130 Å². The third-order valence-electron chi connectivity index (χ3n) is 5.08. The van der Waals surface area contributed by atoms with Gasteiger partial charge in [0.2, 0.25) is 0 Å². The third-order valence-corrected chi connectivity index (χ3v) is 5.08. The first-order chi connectivity index (χ1) is 9.35. The van der Waals surface area contributed by atoms with Gasteiger partial charge in [0.05, 0.1) is 11.2 Å². The quantitative estimate of drug-likeness (QED) is 0.730. The monoisotopic (exact) mass is 288 g/mol. The van der Waals surface area contributed by atoms with E-state index < -0.39 is 0 Å². The Morgan fingerprint density at radius 1 is 0.905 bits per heavy atom. The number of hydrogen-bond acceptors (Lipinski definition) is 2. The lowest BCUT2D eigenvalue weighted by molar-refractivity contribution is 0.00578. The van der Waals surface area contributed by atoms with Crippen LogP contribution in [0.3, 0.4) is 0 Å². The molecule has 0 amide bonds. The minimum atomic E-state index is -0.296. The fourth-order valence-electron chi connectivity index (χ4n) is 2.53. The molecule has 0 aromatic heterocycles. The highest BCUT2D eigenvalue weighted by Crippen LogP contribution is 2.37. The number of rotatable bonds is 1. The van der Waals surface area contributed by atoms with Gasteiger partial charge in [0.1, 0.15) is 0 Å². The Balaban J connectivity index is 2.48. The van der Waals surface area contributed by atoms with Gasteiger partial charge >= 0.3 is 7.12 Å². The topological polar surface area (TPSA) is 18.5 Å². The standard InChI is InChI=1S/C18H29BO2/c1-12-10-14(16(3,4)5)11-15(13(12)2)19-20-17(6,7)18(8,9)21-19/h10-11H,1-9H3. The number of hydrogen-bond donors (Lipinski definition) is 0. The van der Waals surface area contributed by atoms with Crippen molar-refractivity contribution in [1.82, 2.24) is 0 Å². The van der Waals surface area contributed by atoms with Crippen molar-refractivity contribution in [3.8, 4) is 0 Å². The fourth-order valence-corrected chi connectivity index (χ4v) is 2.53. The van der Waals surface area contributed by atoms with E-state index in [4.69, 9.17) is 9.31 Å². The maximum atomic E-state index is 6.23. The molecule has 0 bridgehead atoms. The van der Waals surface area contributed by atoms with Gasteiger partial charge in [0, 0.05) is 0 Å². The molecule has 0 atom stereocenters. The molecule has 1 aromatic rings. The number of benzene rings is 1. The summed E-state index contributed by atoms with van der Waals surface area (Å²) in [5, 5.41) is 0. The molecule has 0 unspecified atom stereocenters. The van der Waals surface area contributed by atoms with E-state index in [0.717, 1.165) is 0 Å². The molecule has 3 heteroatoms. The predicted octanol–water partition coefficient (Wildman–Crippen LogP) is 3.90. The second-order valence-electron chi connectivity index (χ2n) is 8.35. The molecule has 0 saturated carbocycles. The predicted molar refractivity (Wildman–Crippen MR) is 90.3 cm³/mol. The van der Waals surface area contributed by atoms with E-state index in [2.05, 4.69) is 74.4 Å². The highest BCUT2D eigenvalue weighted by molar-refractivity contribution is 6.62. The molecule has 1 fully saturated rings. The minimum Gasteiger partial charge on any atom is -0.399 e. The van der Waals surface area contributed by atoms with Crippen molar-refractivity contribution in [2.45, 2.75) is 78.9 Å². The zero-order chi connectivity index (χ0) is 16.2. The van der Waals surface area contributed by atoms with E-state index in [-0.39, 0.29) is 23.7 Å². The summed E-state index contributed by atoms with van der Waals surface area (Å²) in [4.78, 5) is 0. The SMILES string of the molecule is Cc1cc(C(C)(C)C)cc(B2OC(C)(C)C(C)(C)O2)c1C. The van der Waals surface area contributed by atoms with Gasteiger partial charge in [-0.2, -0.15) is 0 Å². The fraction of sp³-hybridized carbons (Fsp3) is 0.667. The van der Waals surface area contributed by atoms with Crippen molar-refractivity contribution in [2.75, 3.05) is 0 Å². The van der Waals surface area contributed by atoms with Gasteiger partial charge < -0.3 is 9.31 Å². The summed E-state index contributed by atoms with van der Waals surface area (Å²) in [5.74, 6) is 0. The summed E-state index contributed by atoms with van der Waals surface area (Å²) < 4.78 is 12.5. The van der Waals surface area contributed by atoms with Crippen LogP contribution in [0.2, 0.25) is 0 Å². The van der Waals surface area contributed by atoms with Crippen molar-refractivity contribution in [1.29, 1.82) is 0 Å². The van der Waals surface area contributed by atoms with E-state index in [1.807, 2.05) is 0 Å². The Hall–Kier alpha value is -0.795. The molecule has 21 heavy (non-hydrogen) atoms. The van der Waals surface area contributed by atoms with Gasteiger partial charge in [0.25, 0.3) is 0 Å². The molecule has 1 aromatic carbocycles. The summed E-state index contributed by atoms with van der Waals surface area (Å²) in [5.41, 5.74) is 4.59. The first-order valence-electron chi connectivity index (χ1n) is 7.82. The summed E-state index contributed by atoms with van der Waals surface area (Å²) in [7, 11) is -0.281. The van der Waals surface area contributed by atoms with Gasteiger partial charge in [-0.25, -0.2) is 0 Å². The second-order valence-corrected chi connectivity index (χ2v) is 8.35. The van der Waals surface area contributed by atoms with Crippen LogP contribution in [-0.4, -0.2) is 18.3 Å². The van der Waals surface area contributed by atoms with Gasteiger partial charge in [-0.1, -0.05) is 32.9 Å². The van der Waals surface area contributed by atoms with Crippen LogP contribution in [0.1, 0.15) is 65.2 Å². The minimum absolute atomic E-state index is 0.122. The Bertz CT molecular complexity index is 537.